The highest BCUT2D eigenvalue weighted by molar-refractivity contribution is 4.65. The molecule has 0 aliphatic carbocycles. The van der Waals surface area contributed by atoms with E-state index >= 15 is 0 Å². The van der Waals surface area contributed by atoms with Crippen LogP contribution < -0.4 is 0 Å². The topological polar surface area (TPSA) is 47.9 Å². The van der Waals surface area contributed by atoms with E-state index < -0.39 is 0 Å². The van der Waals surface area contributed by atoms with Crippen LogP contribution in [0, 0.1) is 0 Å². The number of aliphatic hydroxyl groups excluding tert-OH is 1. The van der Waals surface area contributed by atoms with Crippen LogP contribution in [0.15, 0.2) is 0 Å². The van der Waals surface area contributed by atoms with Gasteiger partial charge >= 0.3 is 0 Å². The molecule has 0 aromatic rings. The van der Waals surface area contributed by atoms with Crippen LogP contribution in [0.2, 0.25) is 0 Å². The van der Waals surface area contributed by atoms with E-state index in [9.17, 15) is 0 Å². The lowest BCUT2D eigenvalue weighted by Crippen LogP contribution is -2.36. The van der Waals surface area contributed by atoms with Crippen molar-refractivity contribution in [3.63, 3.8) is 0 Å². The summed E-state index contributed by atoms with van der Waals surface area (Å²) in [4.78, 5) is 0. The molecule has 0 aromatic heterocycles. The first-order chi connectivity index (χ1) is 9.26. The van der Waals surface area contributed by atoms with Crippen LogP contribution in [0.1, 0.15) is 58.8 Å². The van der Waals surface area contributed by atoms with Gasteiger partial charge in [0.25, 0.3) is 0 Å². The lowest BCUT2D eigenvalue weighted by atomic mass is 10.2. The summed E-state index contributed by atoms with van der Waals surface area (Å²) in [6.07, 6.45) is 7.67. The Hall–Kier alpha value is -0.160. The highest BCUT2D eigenvalue weighted by atomic mass is 16.7. The van der Waals surface area contributed by atoms with E-state index in [2.05, 4.69) is 13.8 Å². The average molecular weight is 274 g/mol. The van der Waals surface area contributed by atoms with Gasteiger partial charge in [-0.25, -0.2) is 0 Å². The Morgan fingerprint density at radius 3 is 2.79 bits per heavy atom. The molecule has 1 aliphatic rings. The van der Waals surface area contributed by atoms with E-state index in [1.54, 1.807) is 0 Å². The first-order valence-electron chi connectivity index (χ1n) is 7.75. The minimum Gasteiger partial charge on any atom is -0.394 e. The minimum absolute atomic E-state index is 0.0695. The Morgan fingerprint density at radius 1 is 1.26 bits per heavy atom. The quantitative estimate of drug-likeness (QED) is 0.622. The SMILES string of the molecule is CCCCCCCOC(C)C[C@H]1OCC[C@@H](CO)O1. The molecule has 1 aliphatic heterocycles. The second-order valence-electron chi connectivity index (χ2n) is 5.36. The standard InChI is InChI=1S/C15H30O4/c1-3-4-5-6-7-9-17-13(2)11-15-18-10-8-14(12-16)19-15/h13-16H,3-12H2,1-2H3/t13?,14-,15-/m0/s1. The molecule has 19 heavy (non-hydrogen) atoms. The number of ether oxygens (including phenoxy) is 3. The van der Waals surface area contributed by atoms with E-state index in [1.165, 1.54) is 25.7 Å². The summed E-state index contributed by atoms with van der Waals surface area (Å²) in [7, 11) is 0. The highest BCUT2D eigenvalue weighted by Crippen LogP contribution is 2.17. The second-order valence-corrected chi connectivity index (χ2v) is 5.36. The zero-order valence-electron chi connectivity index (χ0n) is 12.5. The van der Waals surface area contributed by atoms with Crippen LogP contribution in [-0.2, 0) is 14.2 Å². The zero-order chi connectivity index (χ0) is 13.9. The van der Waals surface area contributed by atoms with E-state index in [1.807, 2.05) is 0 Å². The van der Waals surface area contributed by atoms with Gasteiger partial charge < -0.3 is 19.3 Å². The molecular weight excluding hydrogens is 244 g/mol. The highest BCUT2D eigenvalue weighted by Gasteiger charge is 2.24. The number of hydrogen-bond acceptors (Lipinski definition) is 4. The normalized spacial score (nSPS) is 25.4. The molecule has 0 amide bonds. The molecule has 1 fully saturated rings. The van der Waals surface area contributed by atoms with Crippen molar-refractivity contribution in [1.82, 2.24) is 0 Å². The Morgan fingerprint density at radius 2 is 2.05 bits per heavy atom. The van der Waals surface area contributed by atoms with Crippen molar-refractivity contribution in [1.29, 1.82) is 0 Å². The van der Waals surface area contributed by atoms with Crippen molar-refractivity contribution in [3.8, 4) is 0 Å². The molecule has 3 atom stereocenters. The average Bonchev–Trinajstić information content (AvgIpc) is 2.43. The van der Waals surface area contributed by atoms with Crippen LogP contribution in [0.4, 0.5) is 0 Å². The maximum absolute atomic E-state index is 9.08. The first-order valence-corrected chi connectivity index (χ1v) is 7.75. The fraction of sp³-hybridized carbons (Fsp3) is 1.00. The largest absolute Gasteiger partial charge is 0.394 e. The number of aliphatic hydroxyl groups is 1. The third-order valence-corrected chi connectivity index (χ3v) is 3.47. The molecule has 1 N–H and O–H groups in total. The number of unbranched alkanes of at least 4 members (excludes halogenated alkanes) is 4. The third kappa shape index (κ3) is 7.88. The van der Waals surface area contributed by atoms with Crippen molar-refractivity contribution < 1.29 is 19.3 Å². The molecule has 1 saturated heterocycles. The van der Waals surface area contributed by atoms with Gasteiger partial charge in [0.05, 0.1) is 25.4 Å². The Balaban J connectivity index is 2.02. The molecule has 4 heteroatoms. The van der Waals surface area contributed by atoms with Crippen LogP contribution >= 0.6 is 0 Å². The molecule has 0 saturated carbocycles. The molecule has 0 radical (unpaired) electrons. The fourth-order valence-corrected chi connectivity index (χ4v) is 2.24. The van der Waals surface area contributed by atoms with Gasteiger partial charge in [-0.15, -0.1) is 0 Å². The smallest absolute Gasteiger partial charge is 0.160 e. The summed E-state index contributed by atoms with van der Waals surface area (Å²) in [6, 6.07) is 0. The molecule has 1 unspecified atom stereocenters. The van der Waals surface area contributed by atoms with Gasteiger partial charge in [-0.05, 0) is 19.8 Å². The van der Waals surface area contributed by atoms with Gasteiger partial charge in [-0.3, -0.25) is 0 Å². The fourth-order valence-electron chi connectivity index (χ4n) is 2.24. The van der Waals surface area contributed by atoms with Crippen molar-refractivity contribution in [2.24, 2.45) is 0 Å². The summed E-state index contributed by atoms with van der Waals surface area (Å²) in [5, 5.41) is 9.08. The Bertz CT molecular complexity index is 210. The monoisotopic (exact) mass is 274 g/mol. The molecular formula is C15H30O4. The molecule has 1 heterocycles. The maximum Gasteiger partial charge on any atom is 0.160 e. The van der Waals surface area contributed by atoms with E-state index in [0.29, 0.717) is 6.61 Å². The number of hydrogen-bond donors (Lipinski definition) is 1. The number of rotatable bonds is 10. The van der Waals surface area contributed by atoms with Crippen LogP contribution in [0.25, 0.3) is 0 Å². The van der Waals surface area contributed by atoms with Crippen molar-refractivity contribution >= 4 is 0 Å². The van der Waals surface area contributed by atoms with Gasteiger partial charge in [0.1, 0.15) is 0 Å². The molecule has 4 nitrogen and oxygen atoms in total. The first kappa shape index (κ1) is 16.9. The summed E-state index contributed by atoms with van der Waals surface area (Å²) in [5.41, 5.74) is 0. The van der Waals surface area contributed by atoms with Crippen molar-refractivity contribution in [2.75, 3.05) is 19.8 Å². The van der Waals surface area contributed by atoms with E-state index in [0.717, 1.165) is 25.9 Å². The Labute approximate surface area is 117 Å². The molecule has 0 bridgehead atoms. The van der Waals surface area contributed by atoms with Gasteiger partial charge in [0, 0.05) is 13.0 Å². The molecule has 0 aromatic carbocycles. The maximum atomic E-state index is 9.08. The van der Waals surface area contributed by atoms with E-state index in [-0.39, 0.29) is 25.1 Å². The summed E-state index contributed by atoms with van der Waals surface area (Å²) >= 11 is 0. The van der Waals surface area contributed by atoms with E-state index in [4.69, 9.17) is 19.3 Å². The second kappa shape index (κ2) is 10.6. The van der Waals surface area contributed by atoms with Crippen molar-refractivity contribution in [3.05, 3.63) is 0 Å². The minimum atomic E-state index is -0.221. The predicted octanol–water partition coefficient (Wildman–Crippen LogP) is 2.88. The summed E-state index contributed by atoms with van der Waals surface area (Å²) < 4.78 is 16.9. The molecule has 114 valence electrons. The molecule has 0 spiro atoms. The Kier molecular flexibility index (Phi) is 9.43. The molecule has 1 rings (SSSR count). The van der Waals surface area contributed by atoms with Gasteiger partial charge in [-0.1, -0.05) is 32.6 Å². The summed E-state index contributed by atoms with van der Waals surface area (Å²) in [5.74, 6) is 0. The predicted molar refractivity (Wildman–Crippen MR) is 75.1 cm³/mol. The van der Waals surface area contributed by atoms with Gasteiger partial charge in [0.2, 0.25) is 0 Å². The van der Waals surface area contributed by atoms with Crippen LogP contribution in [0.5, 0.6) is 0 Å². The summed E-state index contributed by atoms with van der Waals surface area (Å²) in [6.45, 7) is 5.84. The van der Waals surface area contributed by atoms with Crippen LogP contribution in [0.3, 0.4) is 0 Å². The van der Waals surface area contributed by atoms with Crippen LogP contribution in [-0.4, -0.2) is 43.4 Å². The van der Waals surface area contributed by atoms with Gasteiger partial charge in [0.15, 0.2) is 6.29 Å². The third-order valence-electron chi connectivity index (χ3n) is 3.47. The van der Waals surface area contributed by atoms with Gasteiger partial charge in [-0.2, -0.15) is 0 Å². The lowest BCUT2D eigenvalue weighted by Gasteiger charge is -2.30. The zero-order valence-corrected chi connectivity index (χ0v) is 12.5. The lowest BCUT2D eigenvalue weighted by molar-refractivity contribution is -0.230. The van der Waals surface area contributed by atoms with Crippen molar-refractivity contribution in [2.45, 2.75) is 77.3 Å².